The van der Waals surface area contributed by atoms with Crippen LogP contribution in [0.4, 0.5) is 0 Å². The van der Waals surface area contributed by atoms with Gasteiger partial charge in [-0.25, -0.2) is 4.79 Å². The molecule has 0 unspecified atom stereocenters. The summed E-state index contributed by atoms with van der Waals surface area (Å²) in [5.41, 5.74) is 0.585. The van der Waals surface area contributed by atoms with Gasteiger partial charge in [-0.2, -0.15) is 0 Å². The number of hydrogen-bond donors (Lipinski definition) is 3. The molecule has 0 atom stereocenters. The first-order valence-corrected chi connectivity index (χ1v) is 7.28. The maximum atomic E-state index is 11.7. The predicted molar refractivity (Wildman–Crippen MR) is 85.4 cm³/mol. The third-order valence-corrected chi connectivity index (χ3v) is 4.12. The highest BCUT2D eigenvalue weighted by atomic mass is 79.9. The molecule has 116 valence electrons. The lowest BCUT2D eigenvalue weighted by atomic mass is 9.92. The minimum atomic E-state index is -1.28. The van der Waals surface area contributed by atoms with Gasteiger partial charge in [0.15, 0.2) is 17.3 Å². The van der Waals surface area contributed by atoms with E-state index < -0.39 is 17.5 Å². The molecule has 1 aromatic heterocycles. The third-order valence-electron chi connectivity index (χ3n) is 3.35. The molecule has 1 heterocycles. The highest BCUT2D eigenvalue weighted by Gasteiger charge is 2.29. The summed E-state index contributed by atoms with van der Waals surface area (Å²) in [6.45, 7) is 0. The lowest BCUT2D eigenvalue weighted by Crippen LogP contribution is -2.03. The number of nitrogens with zero attached hydrogens (tertiary/aromatic N) is 1. The van der Waals surface area contributed by atoms with Gasteiger partial charge in [-0.1, -0.05) is 35.5 Å². The minimum Gasteiger partial charge on any atom is -0.504 e. The van der Waals surface area contributed by atoms with Crippen LogP contribution in [-0.4, -0.2) is 26.4 Å². The van der Waals surface area contributed by atoms with Gasteiger partial charge in [0, 0.05) is 17.2 Å². The van der Waals surface area contributed by atoms with Crippen LogP contribution in [0.3, 0.4) is 0 Å². The van der Waals surface area contributed by atoms with Crippen LogP contribution < -0.4 is 0 Å². The summed E-state index contributed by atoms with van der Waals surface area (Å²) in [5.74, 6) is -2.11. The van der Waals surface area contributed by atoms with Crippen molar-refractivity contribution in [3.05, 3.63) is 52.6 Å². The van der Waals surface area contributed by atoms with Crippen LogP contribution in [0.2, 0.25) is 0 Å². The fourth-order valence-corrected chi connectivity index (χ4v) is 2.93. The molecule has 2 aromatic carbocycles. The Morgan fingerprint density at radius 3 is 2.30 bits per heavy atom. The molecule has 0 saturated carbocycles. The SMILES string of the molecule is O=C(O)c1c(Br)c(O)c(O)c(-c2ccccc2)c1-c1ccno1. The van der Waals surface area contributed by atoms with Crippen LogP contribution in [-0.2, 0) is 0 Å². The Balaban J connectivity index is 2.50. The Bertz CT molecular complexity index is 875. The molecular formula is C16H10BrNO5. The van der Waals surface area contributed by atoms with E-state index in [4.69, 9.17) is 4.52 Å². The highest BCUT2D eigenvalue weighted by molar-refractivity contribution is 9.10. The largest absolute Gasteiger partial charge is 0.504 e. The first-order valence-electron chi connectivity index (χ1n) is 6.49. The van der Waals surface area contributed by atoms with Gasteiger partial charge in [-0.05, 0) is 21.5 Å². The van der Waals surface area contributed by atoms with E-state index in [0.717, 1.165) is 0 Å². The third kappa shape index (κ3) is 2.44. The number of rotatable bonds is 3. The van der Waals surface area contributed by atoms with E-state index in [-0.39, 0.29) is 26.9 Å². The zero-order valence-electron chi connectivity index (χ0n) is 11.5. The molecule has 3 N–H and O–H groups in total. The second-order valence-corrected chi connectivity index (χ2v) is 5.48. The number of aromatic nitrogens is 1. The van der Waals surface area contributed by atoms with Gasteiger partial charge >= 0.3 is 5.97 Å². The van der Waals surface area contributed by atoms with Crippen LogP contribution in [0.1, 0.15) is 10.4 Å². The van der Waals surface area contributed by atoms with Crippen molar-refractivity contribution >= 4 is 21.9 Å². The molecule has 3 rings (SSSR count). The average molecular weight is 376 g/mol. The van der Waals surface area contributed by atoms with Gasteiger partial charge in [0.25, 0.3) is 0 Å². The number of aromatic hydroxyl groups is 2. The summed E-state index contributed by atoms with van der Waals surface area (Å²) >= 11 is 3.02. The molecule has 6 nitrogen and oxygen atoms in total. The van der Waals surface area contributed by atoms with Crippen molar-refractivity contribution in [2.45, 2.75) is 0 Å². The van der Waals surface area contributed by atoms with Gasteiger partial charge in [0.1, 0.15) is 0 Å². The number of hydrogen-bond acceptors (Lipinski definition) is 5. The van der Waals surface area contributed by atoms with Crippen molar-refractivity contribution in [3.8, 4) is 33.9 Å². The standard InChI is InChI=1S/C16H10BrNO5/c17-13-12(16(21)22)11(9-6-7-18-23-9)10(14(19)15(13)20)8-4-2-1-3-5-8/h1-7,19-20H,(H,21,22). The number of aromatic carboxylic acids is 1. The number of carbonyl (C=O) groups is 1. The summed E-state index contributed by atoms with van der Waals surface area (Å²) < 4.78 is 4.96. The van der Waals surface area contributed by atoms with Gasteiger partial charge in [-0.3, -0.25) is 0 Å². The molecule has 23 heavy (non-hydrogen) atoms. The molecule has 0 aliphatic carbocycles. The molecule has 0 aliphatic heterocycles. The second kappa shape index (κ2) is 5.77. The first-order chi connectivity index (χ1) is 11.0. The van der Waals surface area contributed by atoms with Crippen molar-refractivity contribution in [2.75, 3.05) is 0 Å². The molecule has 7 heteroatoms. The molecule has 0 radical (unpaired) electrons. The van der Waals surface area contributed by atoms with Crippen LogP contribution in [0.25, 0.3) is 22.5 Å². The lowest BCUT2D eigenvalue weighted by Gasteiger charge is -2.16. The van der Waals surface area contributed by atoms with Crippen molar-refractivity contribution in [2.24, 2.45) is 0 Å². The minimum absolute atomic E-state index is 0.128. The Morgan fingerprint density at radius 2 is 1.74 bits per heavy atom. The summed E-state index contributed by atoms with van der Waals surface area (Å²) in [6.07, 6.45) is 1.37. The smallest absolute Gasteiger partial charge is 0.337 e. The monoisotopic (exact) mass is 375 g/mol. The van der Waals surface area contributed by atoms with E-state index >= 15 is 0 Å². The Hall–Kier alpha value is -2.80. The zero-order valence-corrected chi connectivity index (χ0v) is 13.1. The van der Waals surface area contributed by atoms with Crippen LogP contribution in [0.15, 0.2) is 51.6 Å². The fourth-order valence-electron chi connectivity index (χ4n) is 2.37. The summed E-state index contributed by atoms with van der Waals surface area (Å²) in [5, 5.41) is 33.6. The Kier molecular flexibility index (Phi) is 3.79. The zero-order chi connectivity index (χ0) is 16.6. The maximum Gasteiger partial charge on any atom is 0.337 e. The van der Waals surface area contributed by atoms with Gasteiger partial charge in [0.05, 0.1) is 16.2 Å². The van der Waals surface area contributed by atoms with E-state index in [1.54, 1.807) is 30.3 Å². The van der Waals surface area contributed by atoms with Crippen LogP contribution in [0.5, 0.6) is 11.5 Å². The van der Waals surface area contributed by atoms with Gasteiger partial charge in [0.2, 0.25) is 0 Å². The number of halogens is 1. The first kappa shape index (κ1) is 15.1. The summed E-state index contributed by atoms with van der Waals surface area (Å²) in [4.78, 5) is 11.7. The van der Waals surface area contributed by atoms with Crippen molar-refractivity contribution in [1.29, 1.82) is 0 Å². The molecule has 0 spiro atoms. The van der Waals surface area contributed by atoms with E-state index in [1.165, 1.54) is 12.3 Å². The number of benzene rings is 2. The fraction of sp³-hybridized carbons (Fsp3) is 0. The number of phenols is 2. The molecule has 0 amide bonds. The van der Waals surface area contributed by atoms with Crippen molar-refractivity contribution in [1.82, 2.24) is 5.16 Å². The second-order valence-electron chi connectivity index (χ2n) is 4.68. The number of carboxylic acid groups (broad SMARTS) is 1. The van der Waals surface area contributed by atoms with Crippen LogP contribution >= 0.6 is 15.9 Å². The lowest BCUT2D eigenvalue weighted by molar-refractivity contribution is 0.0696. The Morgan fingerprint density at radius 1 is 1.04 bits per heavy atom. The molecule has 3 aromatic rings. The Labute approximate surface area is 138 Å². The van der Waals surface area contributed by atoms with E-state index in [1.807, 2.05) is 0 Å². The summed E-state index contributed by atoms with van der Waals surface area (Å²) in [7, 11) is 0. The quantitative estimate of drug-likeness (QED) is 0.600. The highest BCUT2D eigenvalue weighted by Crippen LogP contribution is 2.50. The number of phenolic OH excluding ortho intramolecular Hbond substituents is 2. The van der Waals surface area contributed by atoms with E-state index in [0.29, 0.717) is 5.56 Å². The van der Waals surface area contributed by atoms with E-state index in [9.17, 15) is 20.1 Å². The molecule has 0 aliphatic rings. The van der Waals surface area contributed by atoms with E-state index in [2.05, 4.69) is 21.1 Å². The maximum absolute atomic E-state index is 11.7. The molecule has 0 saturated heterocycles. The number of carboxylic acids is 1. The normalized spacial score (nSPS) is 10.7. The molecular weight excluding hydrogens is 366 g/mol. The van der Waals surface area contributed by atoms with Crippen molar-refractivity contribution in [3.63, 3.8) is 0 Å². The molecule has 0 bridgehead atoms. The topological polar surface area (TPSA) is 104 Å². The molecule has 0 fully saturated rings. The van der Waals surface area contributed by atoms with Crippen LogP contribution in [0, 0.1) is 0 Å². The van der Waals surface area contributed by atoms with Crippen molar-refractivity contribution < 1.29 is 24.6 Å². The average Bonchev–Trinajstić information content (AvgIpc) is 3.07. The predicted octanol–water partition coefficient (Wildman–Crippen LogP) is 3.88. The van der Waals surface area contributed by atoms with Gasteiger partial charge in [-0.15, -0.1) is 0 Å². The van der Waals surface area contributed by atoms with Gasteiger partial charge < -0.3 is 19.8 Å². The summed E-state index contributed by atoms with van der Waals surface area (Å²) in [6, 6.07) is 10.1.